The van der Waals surface area contributed by atoms with Gasteiger partial charge in [-0.2, -0.15) is 0 Å². The maximum atomic E-state index is 12.9. The Morgan fingerprint density at radius 1 is 1.22 bits per heavy atom. The summed E-state index contributed by atoms with van der Waals surface area (Å²) in [6.45, 7) is 11.2. The van der Waals surface area contributed by atoms with Gasteiger partial charge >= 0.3 is 0 Å². The smallest absolute Gasteiger partial charge is 0.192 e. The first-order chi connectivity index (χ1) is 8.17. The number of hydrogen-bond acceptors (Lipinski definition) is 1. The van der Waals surface area contributed by atoms with E-state index in [0.29, 0.717) is 0 Å². The minimum atomic E-state index is -1.78. The molecule has 0 N–H and O–H groups in total. The molecule has 1 rings (SSSR count). The van der Waals surface area contributed by atoms with E-state index >= 15 is 0 Å². The third-order valence-electron chi connectivity index (χ3n) is 3.63. The molecule has 4 heteroatoms. The van der Waals surface area contributed by atoms with Crippen molar-refractivity contribution < 1.29 is 8.82 Å². The van der Waals surface area contributed by atoms with Gasteiger partial charge in [0.2, 0.25) is 0 Å². The van der Waals surface area contributed by atoms with E-state index in [0.717, 1.165) is 9.99 Å². The maximum Gasteiger partial charge on any atom is 0.192 e. The van der Waals surface area contributed by atoms with Crippen molar-refractivity contribution in [3.05, 3.63) is 35.6 Å². The predicted octanol–water partition coefficient (Wildman–Crippen LogP) is 5.32. The zero-order valence-electron chi connectivity index (χ0n) is 11.8. The van der Waals surface area contributed by atoms with Crippen LogP contribution >= 0.6 is 22.6 Å². The topological polar surface area (TPSA) is 9.23 Å². The summed E-state index contributed by atoms with van der Waals surface area (Å²) in [5.41, 5.74) is 1.07. The van der Waals surface area contributed by atoms with Gasteiger partial charge in [-0.25, -0.2) is 4.39 Å². The molecule has 1 nitrogen and oxygen atoms in total. The van der Waals surface area contributed by atoms with Gasteiger partial charge in [-0.3, -0.25) is 0 Å². The van der Waals surface area contributed by atoms with Gasteiger partial charge < -0.3 is 4.43 Å². The Hall–Kier alpha value is 0.0569. The molecule has 0 bridgehead atoms. The summed E-state index contributed by atoms with van der Waals surface area (Å²) < 4.78 is 20.2. The lowest BCUT2D eigenvalue weighted by Gasteiger charge is -2.39. The molecule has 0 saturated heterocycles. The third kappa shape index (κ3) is 4.03. The van der Waals surface area contributed by atoms with Crippen molar-refractivity contribution in [1.82, 2.24) is 0 Å². The van der Waals surface area contributed by atoms with E-state index in [2.05, 4.69) is 56.5 Å². The van der Waals surface area contributed by atoms with Crippen LogP contribution in [0.3, 0.4) is 0 Å². The average molecular weight is 380 g/mol. The second-order valence-electron chi connectivity index (χ2n) is 6.07. The molecule has 0 amide bonds. The van der Waals surface area contributed by atoms with Gasteiger partial charge in [0.1, 0.15) is 5.82 Å². The Kier molecular flexibility index (Phi) is 5.38. The second-order valence-corrected chi connectivity index (χ2v) is 11.7. The van der Waals surface area contributed by atoms with Gasteiger partial charge in [0.05, 0.1) is 6.10 Å². The summed E-state index contributed by atoms with van der Waals surface area (Å²) >= 11 is 2.33. The molecule has 1 aromatic rings. The first-order valence-electron chi connectivity index (χ1n) is 6.16. The van der Waals surface area contributed by atoms with Crippen LogP contribution in [0, 0.1) is 5.82 Å². The van der Waals surface area contributed by atoms with Crippen LogP contribution in [0.4, 0.5) is 4.39 Å². The molecule has 1 atom stereocenters. The lowest BCUT2D eigenvalue weighted by atomic mass is 10.1. The lowest BCUT2D eigenvalue weighted by molar-refractivity contribution is 0.210. The molecule has 0 aromatic heterocycles. The second kappa shape index (κ2) is 6.01. The van der Waals surface area contributed by atoms with Crippen molar-refractivity contribution >= 4 is 30.9 Å². The SMILES string of the molecule is CC(C)(C)[Si](C)(C)O[C@@H](CI)c1ccc(F)cc1. The van der Waals surface area contributed by atoms with Crippen LogP contribution in [0.25, 0.3) is 0 Å². The third-order valence-corrected chi connectivity index (χ3v) is 8.91. The van der Waals surface area contributed by atoms with Gasteiger partial charge in [0.25, 0.3) is 0 Å². The summed E-state index contributed by atoms with van der Waals surface area (Å²) in [7, 11) is -1.78. The van der Waals surface area contributed by atoms with Gasteiger partial charge in [-0.1, -0.05) is 55.5 Å². The molecule has 0 aliphatic carbocycles. The molecular formula is C14H22FIOSi. The van der Waals surface area contributed by atoms with Crippen LogP contribution in [-0.2, 0) is 4.43 Å². The normalized spacial score (nSPS) is 14.6. The molecule has 0 spiro atoms. The molecule has 1 aromatic carbocycles. The number of hydrogen-bond donors (Lipinski definition) is 0. The summed E-state index contributed by atoms with van der Waals surface area (Å²) in [6, 6.07) is 6.66. The van der Waals surface area contributed by atoms with E-state index in [4.69, 9.17) is 4.43 Å². The zero-order chi connectivity index (χ0) is 14.0. The number of halogens is 2. The van der Waals surface area contributed by atoms with E-state index in [-0.39, 0.29) is 17.0 Å². The van der Waals surface area contributed by atoms with Gasteiger partial charge in [-0.15, -0.1) is 0 Å². The van der Waals surface area contributed by atoms with Crippen molar-refractivity contribution in [3.8, 4) is 0 Å². The highest BCUT2D eigenvalue weighted by atomic mass is 127. The molecule has 0 saturated carbocycles. The quantitative estimate of drug-likeness (QED) is 0.390. The van der Waals surface area contributed by atoms with Crippen LogP contribution in [0.5, 0.6) is 0 Å². The Morgan fingerprint density at radius 3 is 2.11 bits per heavy atom. The molecule has 0 unspecified atom stereocenters. The van der Waals surface area contributed by atoms with E-state index < -0.39 is 8.32 Å². The summed E-state index contributed by atoms with van der Waals surface area (Å²) in [4.78, 5) is 0. The van der Waals surface area contributed by atoms with Crippen LogP contribution < -0.4 is 0 Å². The fourth-order valence-corrected chi connectivity index (χ4v) is 3.71. The highest BCUT2D eigenvalue weighted by Crippen LogP contribution is 2.40. The van der Waals surface area contributed by atoms with E-state index in [1.165, 1.54) is 12.1 Å². The highest BCUT2D eigenvalue weighted by Gasteiger charge is 2.39. The van der Waals surface area contributed by atoms with Gasteiger partial charge in [0, 0.05) is 4.43 Å². The number of alkyl halides is 1. The highest BCUT2D eigenvalue weighted by molar-refractivity contribution is 14.1. The van der Waals surface area contributed by atoms with Crippen molar-refractivity contribution in [1.29, 1.82) is 0 Å². The summed E-state index contributed by atoms with van der Waals surface area (Å²) in [5, 5.41) is 0.192. The molecule has 0 radical (unpaired) electrons. The molecule has 0 aliphatic heterocycles. The molecule has 0 aliphatic rings. The number of rotatable bonds is 4. The van der Waals surface area contributed by atoms with Crippen molar-refractivity contribution in [2.75, 3.05) is 4.43 Å². The predicted molar refractivity (Wildman–Crippen MR) is 86.3 cm³/mol. The standard InChI is InChI=1S/C14H22FIOSi/c1-14(2,3)18(4,5)17-13(10-16)11-6-8-12(15)9-7-11/h6-9,13H,10H2,1-5H3/t13-/m0/s1. The molecular weight excluding hydrogens is 358 g/mol. The summed E-state index contributed by atoms with van der Waals surface area (Å²) in [6.07, 6.45) is 0.0621. The van der Waals surface area contributed by atoms with Crippen molar-refractivity contribution in [3.63, 3.8) is 0 Å². The van der Waals surface area contributed by atoms with Crippen LogP contribution in [-0.4, -0.2) is 12.7 Å². The lowest BCUT2D eigenvalue weighted by Crippen LogP contribution is -2.42. The average Bonchev–Trinajstić information content (AvgIpc) is 2.25. The molecule has 0 fully saturated rings. The molecule has 18 heavy (non-hydrogen) atoms. The van der Waals surface area contributed by atoms with Gasteiger partial charge in [-0.05, 0) is 35.8 Å². The minimum Gasteiger partial charge on any atom is -0.409 e. The van der Waals surface area contributed by atoms with E-state index in [9.17, 15) is 4.39 Å². The van der Waals surface area contributed by atoms with Crippen molar-refractivity contribution in [2.45, 2.75) is 45.0 Å². The molecule has 0 heterocycles. The fraction of sp³-hybridized carbons (Fsp3) is 0.571. The van der Waals surface area contributed by atoms with Crippen molar-refractivity contribution in [2.24, 2.45) is 0 Å². The number of benzene rings is 1. The van der Waals surface area contributed by atoms with Crippen LogP contribution in [0.15, 0.2) is 24.3 Å². The first kappa shape index (κ1) is 16.1. The first-order valence-corrected chi connectivity index (χ1v) is 10.6. The Morgan fingerprint density at radius 2 is 1.72 bits per heavy atom. The monoisotopic (exact) mass is 380 g/mol. The molecule has 102 valence electrons. The zero-order valence-corrected chi connectivity index (χ0v) is 14.9. The largest absolute Gasteiger partial charge is 0.409 e. The van der Waals surface area contributed by atoms with E-state index in [1.54, 1.807) is 0 Å². The summed E-state index contributed by atoms with van der Waals surface area (Å²) in [5.74, 6) is -0.196. The Balaban J connectivity index is 2.89. The fourth-order valence-electron chi connectivity index (χ4n) is 1.40. The van der Waals surface area contributed by atoms with E-state index in [1.807, 2.05) is 12.1 Å². The van der Waals surface area contributed by atoms with Crippen LogP contribution in [0.1, 0.15) is 32.4 Å². The minimum absolute atomic E-state index is 0.0621. The maximum absolute atomic E-state index is 12.9. The van der Waals surface area contributed by atoms with Crippen LogP contribution in [0.2, 0.25) is 18.1 Å². The Labute approximate surface area is 124 Å². The van der Waals surface area contributed by atoms with Gasteiger partial charge in [0.15, 0.2) is 8.32 Å². The Bertz CT molecular complexity index is 384.